The van der Waals surface area contributed by atoms with Gasteiger partial charge in [0, 0.05) is 5.41 Å². The summed E-state index contributed by atoms with van der Waals surface area (Å²) in [6.07, 6.45) is 5.06. The smallest absolute Gasteiger partial charge is 0.430 e. The number of hydrazine groups is 1. The minimum Gasteiger partial charge on any atom is -0.442 e. The van der Waals surface area contributed by atoms with Gasteiger partial charge in [-0.1, -0.05) is 12.2 Å². The molecule has 0 N–H and O–H groups in total. The number of nitrogens with zero attached hydrogens (tertiary/aromatic N) is 2. The maximum Gasteiger partial charge on any atom is 0.430 e. The molecule has 2 unspecified atom stereocenters. The first-order valence-corrected chi connectivity index (χ1v) is 8.17. The van der Waals surface area contributed by atoms with E-state index in [9.17, 15) is 9.59 Å². The maximum atomic E-state index is 12.7. The molecule has 0 aromatic carbocycles. The van der Waals surface area contributed by atoms with Crippen molar-refractivity contribution < 1.29 is 19.1 Å². The zero-order valence-electron chi connectivity index (χ0n) is 14.8. The van der Waals surface area contributed by atoms with E-state index in [0.29, 0.717) is 0 Å². The molecule has 1 heterocycles. The normalized spacial score (nSPS) is 27.6. The lowest BCUT2D eigenvalue weighted by molar-refractivity contribution is -0.0579. The molecule has 3 aliphatic rings. The molecule has 2 amide bonds. The van der Waals surface area contributed by atoms with Gasteiger partial charge in [0.2, 0.25) is 0 Å². The number of rotatable bonds is 0. The zero-order valence-corrected chi connectivity index (χ0v) is 14.8. The quantitative estimate of drug-likeness (QED) is 0.641. The first kappa shape index (κ1) is 16.1. The molecule has 1 saturated carbocycles. The highest BCUT2D eigenvalue weighted by atomic mass is 16.6. The lowest BCUT2D eigenvalue weighted by atomic mass is 9.97. The summed E-state index contributed by atoms with van der Waals surface area (Å²) in [6, 6.07) is -0.232. The van der Waals surface area contributed by atoms with Crippen molar-refractivity contribution in [2.75, 3.05) is 0 Å². The molecule has 6 heteroatoms. The Bertz CT molecular complexity index is 520. The minimum absolute atomic E-state index is 0.0339. The molecule has 23 heavy (non-hydrogen) atoms. The summed E-state index contributed by atoms with van der Waals surface area (Å²) < 4.78 is 11.0. The van der Waals surface area contributed by atoms with Gasteiger partial charge in [-0.05, 0) is 54.4 Å². The molecule has 128 valence electrons. The van der Waals surface area contributed by atoms with Gasteiger partial charge in [-0.15, -0.1) is 0 Å². The Morgan fingerprint density at radius 3 is 1.48 bits per heavy atom. The van der Waals surface area contributed by atoms with Crippen LogP contribution in [0.2, 0.25) is 0 Å². The summed E-state index contributed by atoms with van der Waals surface area (Å²) in [5.41, 5.74) is -1.26. The highest BCUT2D eigenvalue weighted by Gasteiger charge is 2.69. The molecular weight excluding hydrogens is 296 g/mol. The van der Waals surface area contributed by atoms with Gasteiger partial charge in [-0.2, -0.15) is 0 Å². The summed E-state index contributed by atoms with van der Waals surface area (Å²) in [6.45, 7) is 10.9. The van der Waals surface area contributed by atoms with E-state index in [1.54, 1.807) is 0 Å². The number of carbonyl (C=O) groups excluding carboxylic acids is 2. The fourth-order valence-electron chi connectivity index (χ4n) is 3.44. The van der Waals surface area contributed by atoms with E-state index in [1.807, 2.05) is 53.7 Å². The van der Waals surface area contributed by atoms with Gasteiger partial charge in [0.15, 0.2) is 0 Å². The SMILES string of the molecule is CC(C)(C)OC(=O)N1C2C=CC(N1C(=O)OC(C)(C)C)C21CC1. The zero-order chi connectivity index (χ0) is 17.2. The van der Waals surface area contributed by atoms with Crippen molar-refractivity contribution >= 4 is 12.2 Å². The van der Waals surface area contributed by atoms with Crippen molar-refractivity contribution in [3.05, 3.63) is 12.2 Å². The van der Waals surface area contributed by atoms with E-state index < -0.39 is 23.4 Å². The molecule has 0 radical (unpaired) electrons. The van der Waals surface area contributed by atoms with Crippen molar-refractivity contribution in [3.63, 3.8) is 0 Å². The lowest BCUT2D eigenvalue weighted by Crippen LogP contribution is -2.54. The Morgan fingerprint density at radius 2 is 1.22 bits per heavy atom. The van der Waals surface area contributed by atoms with Gasteiger partial charge in [-0.25, -0.2) is 19.6 Å². The van der Waals surface area contributed by atoms with Crippen LogP contribution in [0.1, 0.15) is 54.4 Å². The van der Waals surface area contributed by atoms with Crippen LogP contribution in [-0.2, 0) is 9.47 Å². The van der Waals surface area contributed by atoms with Crippen molar-refractivity contribution in [3.8, 4) is 0 Å². The van der Waals surface area contributed by atoms with Crippen LogP contribution in [0.25, 0.3) is 0 Å². The number of amides is 2. The van der Waals surface area contributed by atoms with Crippen LogP contribution in [-0.4, -0.2) is 45.5 Å². The Morgan fingerprint density at radius 1 is 0.870 bits per heavy atom. The van der Waals surface area contributed by atoms with Crippen LogP contribution in [0.4, 0.5) is 9.59 Å². The summed E-state index contributed by atoms with van der Waals surface area (Å²) in [7, 11) is 0. The van der Waals surface area contributed by atoms with Crippen molar-refractivity contribution in [1.29, 1.82) is 0 Å². The summed E-state index contributed by atoms with van der Waals surface area (Å²) in [4.78, 5) is 25.3. The largest absolute Gasteiger partial charge is 0.442 e. The molecular formula is C17H26N2O4. The second-order valence-corrected chi connectivity index (χ2v) is 8.66. The van der Waals surface area contributed by atoms with Crippen molar-refractivity contribution in [2.45, 2.75) is 77.7 Å². The molecule has 2 aliphatic carbocycles. The molecule has 2 fully saturated rings. The van der Waals surface area contributed by atoms with Crippen molar-refractivity contribution in [1.82, 2.24) is 10.0 Å². The van der Waals surface area contributed by atoms with E-state index in [-0.39, 0.29) is 17.5 Å². The maximum absolute atomic E-state index is 12.7. The van der Waals surface area contributed by atoms with Crippen LogP contribution >= 0.6 is 0 Å². The standard InChI is InChI=1S/C17H26N2O4/c1-15(2,3)22-13(20)18-11-7-8-12(17(11)9-10-17)19(18)14(21)23-16(4,5)6/h7-8,11-12H,9-10H2,1-6H3. The molecule has 0 aromatic heterocycles. The third-order valence-electron chi connectivity index (χ3n) is 4.40. The first-order chi connectivity index (χ1) is 10.4. The predicted molar refractivity (Wildman–Crippen MR) is 84.5 cm³/mol. The van der Waals surface area contributed by atoms with E-state index in [1.165, 1.54) is 10.0 Å². The van der Waals surface area contributed by atoms with Gasteiger partial charge in [0.25, 0.3) is 0 Å². The number of ether oxygens (including phenoxy) is 2. The molecule has 2 atom stereocenters. The molecule has 1 spiro atoms. The summed E-state index contributed by atoms with van der Waals surface area (Å²) >= 11 is 0. The number of hydrogen-bond donors (Lipinski definition) is 0. The van der Waals surface area contributed by atoms with Crippen molar-refractivity contribution in [2.24, 2.45) is 5.41 Å². The fraction of sp³-hybridized carbons (Fsp3) is 0.765. The topological polar surface area (TPSA) is 59.1 Å². The lowest BCUT2D eigenvalue weighted by Gasteiger charge is -2.36. The second-order valence-electron chi connectivity index (χ2n) is 8.66. The van der Waals surface area contributed by atoms with Gasteiger partial charge < -0.3 is 9.47 Å². The van der Waals surface area contributed by atoms with E-state index in [0.717, 1.165) is 12.8 Å². The van der Waals surface area contributed by atoms with Crippen LogP contribution in [0.5, 0.6) is 0 Å². The van der Waals surface area contributed by atoms with E-state index >= 15 is 0 Å². The minimum atomic E-state index is -0.612. The number of hydrogen-bond acceptors (Lipinski definition) is 4. The fourth-order valence-corrected chi connectivity index (χ4v) is 3.44. The third kappa shape index (κ3) is 2.68. The van der Waals surface area contributed by atoms with Crippen LogP contribution in [0, 0.1) is 5.41 Å². The average Bonchev–Trinajstić information content (AvgIpc) is 2.99. The Hall–Kier alpha value is -1.72. The average molecular weight is 322 g/mol. The molecule has 6 nitrogen and oxygen atoms in total. The Balaban J connectivity index is 1.88. The predicted octanol–water partition coefficient (Wildman–Crippen LogP) is 3.48. The second kappa shape index (κ2) is 4.65. The van der Waals surface area contributed by atoms with E-state index in [2.05, 4.69) is 0 Å². The summed E-state index contributed by atoms with van der Waals surface area (Å²) in [5.74, 6) is 0. The van der Waals surface area contributed by atoms with Crippen LogP contribution in [0.3, 0.4) is 0 Å². The molecule has 2 bridgehead atoms. The monoisotopic (exact) mass is 322 g/mol. The van der Waals surface area contributed by atoms with E-state index in [4.69, 9.17) is 9.47 Å². The van der Waals surface area contributed by atoms with Gasteiger partial charge in [0.05, 0.1) is 12.1 Å². The molecule has 1 saturated heterocycles. The van der Waals surface area contributed by atoms with Gasteiger partial charge in [-0.3, -0.25) is 0 Å². The van der Waals surface area contributed by atoms with Gasteiger partial charge >= 0.3 is 12.2 Å². The first-order valence-electron chi connectivity index (χ1n) is 8.17. The summed E-state index contributed by atoms with van der Waals surface area (Å²) in [5, 5.41) is 2.91. The van der Waals surface area contributed by atoms with Gasteiger partial charge in [0.1, 0.15) is 11.2 Å². The third-order valence-corrected chi connectivity index (χ3v) is 4.40. The highest BCUT2D eigenvalue weighted by Crippen LogP contribution is 2.63. The Labute approximate surface area is 137 Å². The van der Waals surface area contributed by atoms with Crippen LogP contribution < -0.4 is 0 Å². The Kier molecular flexibility index (Phi) is 3.26. The van der Waals surface area contributed by atoms with Crippen LogP contribution in [0.15, 0.2) is 12.2 Å². The molecule has 3 rings (SSSR count). The number of carbonyl (C=O) groups is 2. The molecule has 1 aliphatic heterocycles. The highest BCUT2D eigenvalue weighted by molar-refractivity contribution is 5.78. The molecule has 0 aromatic rings.